The molecule has 0 aliphatic carbocycles. The number of hydrogen-bond donors (Lipinski definition) is 5. The summed E-state index contributed by atoms with van der Waals surface area (Å²) < 4.78 is 11.0. The van der Waals surface area contributed by atoms with E-state index in [1.165, 1.54) is 10.6 Å². The number of carbonyl (C=O) groups is 4. The topological polar surface area (TPSA) is 174 Å². The molecule has 5 N–H and O–H groups in total. The molecule has 2 unspecified atom stereocenters. The predicted molar refractivity (Wildman–Crippen MR) is 243 cm³/mol. The fourth-order valence-electron chi connectivity index (χ4n) is 7.37. The summed E-state index contributed by atoms with van der Waals surface area (Å²) in [5.74, 6) is -0.437. The number of nitrogens with zero attached hydrogens (tertiary/aromatic N) is 3. The SMILES string of the molecule is CSc1ccccc1N1CCN(C(=O)NC(Cc2c[nH]c3ccccc23)c2ncc(C(C)(C)C(=O)NC(CCCCNC(=O)OCc3ccccc3)C(=O)OC(C)(C)C)[nH]2)CC1. The lowest BCUT2D eigenvalue weighted by Gasteiger charge is -2.37. The van der Waals surface area contributed by atoms with Crippen molar-refractivity contribution in [1.29, 1.82) is 0 Å². The number of anilines is 1. The van der Waals surface area contributed by atoms with Crippen LogP contribution in [0.1, 0.15) is 82.6 Å². The van der Waals surface area contributed by atoms with Crippen LogP contribution in [0.2, 0.25) is 0 Å². The highest BCUT2D eigenvalue weighted by Crippen LogP contribution is 2.30. The molecule has 1 saturated heterocycles. The molecule has 0 saturated carbocycles. The van der Waals surface area contributed by atoms with Gasteiger partial charge in [0.25, 0.3) is 0 Å². The summed E-state index contributed by atoms with van der Waals surface area (Å²) in [4.78, 5) is 70.6. The van der Waals surface area contributed by atoms with Gasteiger partial charge in [0.1, 0.15) is 24.1 Å². The molecule has 2 aromatic heterocycles. The average Bonchev–Trinajstić information content (AvgIpc) is 3.93. The first-order chi connectivity index (χ1) is 29.7. The van der Waals surface area contributed by atoms with Crippen LogP contribution in [0.3, 0.4) is 0 Å². The minimum absolute atomic E-state index is 0.166. The number of fused-ring (bicyclic) bond motifs is 1. The zero-order valence-electron chi connectivity index (χ0n) is 36.6. The van der Waals surface area contributed by atoms with E-state index in [0.29, 0.717) is 69.9 Å². The van der Waals surface area contributed by atoms with Crippen molar-refractivity contribution in [3.63, 3.8) is 0 Å². The second kappa shape index (κ2) is 20.7. The van der Waals surface area contributed by atoms with Gasteiger partial charge in [-0.1, -0.05) is 60.7 Å². The van der Waals surface area contributed by atoms with Gasteiger partial charge in [0.2, 0.25) is 5.91 Å². The Hall–Kier alpha value is -5.96. The number of amides is 4. The van der Waals surface area contributed by atoms with E-state index in [0.717, 1.165) is 22.0 Å². The van der Waals surface area contributed by atoms with Crippen LogP contribution in [0.4, 0.5) is 15.3 Å². The monoisotopic (exact) mass is 864 g/mol. The molecule has 1 fully saturated rings. The van der Waals surface area contributed by atoms with E-state index in [4.69, 9.17) is 14.5 Å². The van der Waals surface area contributed by atoms with Crippen molar-refractivity contribution in [3.05, 3.63) is 114 Å². The summed E-state index contributed by atoms with van der Waals surface area (Å²) >= 11 is 1.71. The summed E-state index contributed by atoms with van der Waals surface area (Å²) in [5.41, 5.74) is 2.66. The van der Waals surface area contributed by atoms with E-state index in [1.807, 2.05) is 77.8 Å². The molecule has 3 aromatic carbocycles. The molecular formula is C47H60N8O6S. The van der Waals surface area contributed by atoms with E-state index in [-0.39, 0.29) is 12.6 Å². The summed E-state index contributed by atoms with van der Waals surface area (Å²) in [5, 5.41) is 10.0. The number of ether oxygens (including phenoxy) is 2. The highest BCUT2D eigenvalue weighted by atomic mass is 32.2. The molecular weight excluding hydrogens is 805 g/mol. The maximum Gasteiger partial charge on any atom is 0.407 e. The van der Waals surface area contributed by atoms with Crippen LogP contribution in [0.5, 0.6) is 0 Å². The quantitative estimate of drug-likeness (QED) is 0.0358. The van der Waals surface area contributed by atoms with Crippen molar-refractivity contribution < 1.29 is 28.7 Å². The van der Waals surface area contributed by atoms with Gasteiger partial charge >= 0.3 is 18.1 Å². The number of rotatable bonds is 17. The van der Waals surface area contributed by atoms with Crippen molar-refractivity contribution in [2.24, 2.45) is 0 Å². The van der Waals surface area contributed by atoms with Gasteiger partial charge in [-0.15, -0.1) is 11.8 Å². The number of alkyl carbamates (subject to hydrolysis) is 1. The smallest absolute Gasteiger partial charge is 0.407 e. The van der Waals surface area contributed by atoms with Gasteiger partial charge < -0.3 is 45.2 Å². The molecule has 14 nitrogen and oxygen atoms in total. The Bertz CT molecular complexity index is 2280. The molecule has 5 aromatic rings. The minimum Gasteiger partial charge on any atom is -0.458 e. The van der Waals surface area contributed by atoms with Gasteiger partial charge in [0.05, 0.1) is 17.1 Å². The van der Waals surface area contributed by atoms with Crippen LogP contribution in [-0.2, 0) is 37.5 Å². The highest BCUT2D eigenvalue weighted by Gasteiger charge is 2.37. The highest BCUT2D eigenvalue weighted by molar-refractivity contribution is 7.98. The molecule has 0 bridgehead atoms. The molecule has 2 atom stereocenters. The summed E-state index contributed by atoms with van der Waals surface area (Å²) in [6, 6.07) is 24.1. The number of urea groups is 1. The molecule has 62 heavy (non-hydrogen) atoms. The van der Waals surface area contributed by atoms with Gasteiger partial charge in [-0.25, -0.2) is 19.4 Å². The maximum atomic E-state index is 14.1. The van der Waals surface area contributed by atoms with Crippen molar-refractivity contribution in [3.8, 4) is 0 Å². The summed E-state index contributed by atoms with van der Waals surface area (Å²) in [6.45, 7) is 11.9. The Balaban J connectivity index is 1.11. The van der Waals surface area contributed by atoms with Crippen LogP contribution >= 0.6 is 11.8 Å². The fraction of sp³-hybridized carbons (Fsp3) is 0.426. The van der Waals surface area contributed by atoms with Crippen LogP contribution in [0, 0.1) is 0 Å². The number of esters is 1. The maximum absolute atomic E-state index is 14.1. The molecule has 1 aliphatic rings. The van der Waals surface area contributed by atoms with Gasteiger partial charge in [0, 0.05) is 73.0 Å². The third-order valence-corrected chi connectivity index (χ3v) is 11.7. The van der Waals surface area contributed by atoms with Crippen molar-refractivity contribution >= 4 is 52.4 Å². The molecule has 0 spiro atoms. The number of carbonyl (C=O) groups excluding carboxylic acids is 4. The van der Waals surface area contributed by atoms with E-state index < -0.39 is 41.1 Å². The predicted octanol–water partition coefficient (Wildman–Crippen LogP) is 7.63. The number of benzene rings is 3. The Labute approximate surface area is 368 Å². The van der Waals surface area contributed by atoms with Crippen molar-refractivity contribution in [2.75, 3.05) is 43.9 Å². The van der Waals surface area contributed by atoms with Crippen LogP contribution < -0.4 is 20.9 Å². The van der Waals surface area contributed by atoms with Crippen molar-refractivity contribution in [2.45, 2.75) is 94.9 Å². The second-order valence-corrected chi connectivity index (χ2v) is 17.9. The van der Waals surface area contributed by atoms with Gasteiger partial charge in [-0.3, -0.25) is 4.79 Å². The summed E-state index contributed by atoms with van der Waals surface area (Å²) in [7, 11) is 0. The lowest BCUT2D eigenvalue weighted by atomic mass is 9.88. The lowest BCUT2D eigenvalue weighted by molar-refractivity contribution is -0.159. The van der Waals surface area contributed by atoms with Gasteiger partial charge in [-0.05, 0) is 89.5 Å². The number of H-pyrrole nitrogens is 2. The Morgan fingerprint density at radius 3 is 2.32 bits per heavy atom. The first-order valence-corrected chi connectivity index (χ1v) is 22.5. The molecule has 330 valence electrons. The third-order valence-electron chi connectivity index (χ3n) is 11.0. The largest absolute Gasteiger partial charge is 0.458 e. The third kappa shape index (κ3) is 12.1. The number of piperazine rings is 1. The molecule has 0 radical (unpaired) electrons. The number of aromatic amines is 2. The number of imidazole rings is 1. The number of unbranched alkanes of at least 4 members (excludes halogenated alkanes) is 1. The van der Waals surface area contributed by atoms with E-state index >= 15 is 0 Å². The Morgan fingerprint density at radius 1 is 0.871 bits per heavy atom. The minimum atomic E-state index is -1.16. The Morgan fingerprint density at radius 2 is 1.58 bits per heavy atom. The first-order valence-electron chi connectivity index (χ1n) is 21.2. The number of thioether (sulfide) groups is 1. The van der Waals surface area contributed by atoms with Gasteiger partial charge in [-0.2, -0.15) is 0 Å². The molecule has 1 aliphatic heterocycles. The first kappa shape index (κ1) is 45.6. The number of para-hydroxylation sites is 2. The Kier molecular flexibility index (Phi) is 15.2. The number of nitrogens with one attached hydrogen (secondary N) is 5. The molecule has 15 heteroatoms. The van der Waals surface area contributed by atoms with Crippen molar-refractivity contribution in [1.82, 2.24) is 35.8 Å². The molecule has 3 heterocycles. The second-order valence-electron chi connectivity index (χ2n) is 17.1. The van der Waals surface area contributed by atoms with E-state index in [2.05, 4.69) is 49.2 Å². The lowest BCUT2D eigenvalue weighted by Crippen LogP contribution is -2.52. The van der Waals surface area contributed by atoms with Crippen LogP contribution in [0.25, 0.3) is 10.9 Å². The van der Waals surface area contributed by atoms with E-state index in [1.54, 1.807) is 52.6 Å². The summed E-state index contributed by atoms with van der Waals surface area (Å²) in [6.07, 6.45) is 6.93. The van der Waals surface area contributed by atoms with Crippen LogP contribution in [-0.4, -0.2) is 94.5 Å². The van der Waals surface area contributed by atoms with Gasteiger partial charge in [0.15, 0.2) is 0 Å². The molecule has 6 rings (SSSR count). The average molecular weight is 865 g/mol. The fourth-order valence-corrected chi connectivity index (χ4v) is 7.99. The van der Waals surface area contributed by atoms with Crippen LogP contribution in [0.15, 0.2) is 96.2 Å². The van der Waals surface area contributed by atoms with E-state index in [9.17, 15) is 19.2 Å². The zero-order chi connectivity index (χ0) is 44.3. The zero-order valence-corrected chi connectivity index (χ0v) is 37.4. The number of hydrogen-bond acceptors (Lipinski definition) is 9. The number of aromatic nitrogens is 3. The molecule has 4 amide bonds. The standard InChI is InChI=1S/C47H60N8O6S/c1-46(2,3)61-42(56)36(20-14-15-23-48-45(59)60-31-32-16-8-7-9-17-32)51-43(57)47(4,5)40-30-50-41(53-40)37(28-33-29-49-35-19-11-10-18-34(33)35)52-44(58)55-26-24-54(25-27-55)38-21-12-13-22-39(38)62-6/h7-13,16-19,21-22,29-30,36-37,49H,14-15,20,23-28,31H2,1-6H3,(H,48,59)(H,50,53)(H,51,57)(H,52,58). The normalized spacial score (nSPS) is 14.2.